The number of rotatable bonds is 8. The van der Waals surface area contributed by atoms with Crippen molar-refractivity contribution in [3.05, 3.63) is 83.4 Å². The lowest BCUT2D eigenvalue weighted by molar-refractivity contribution is 0.0345. The van der Waals surface area contributed by atoms with E-state index in [4.69, 9.17) is 9.47 Å². The number of hydrogen-bond acceptors (Lipinski definition) is 9. The summed E-state index contributed by atoms with van der Waals surface area (Å²) in [6, 6.07) is 13.3. The number of hydrogen-bond donors (Lipinski definition) is 1. The average molecular weight is 657 g/mol. The van der Waals surface area contributed by atoms with Crippen molar-refractivity contribution in [1.82, 2.24) is 24.8 Å². The fraction of sp³-hybridized carbons (Fsp3) is 0.400. The molecular weight excluding hydrogens is 616 g/mol. The molecule has 0 radical (unpaired) electrons. The maximum Gasteiger partial charge on any atom is 0.264 e. The van der Waals surface area contributed by atoms with Crippen molar-refractivity contribution in [1.29, 1.82) is 0 Å². The smallest absolute Gasteiger partial charge is 0.264 e. The van der Waals surface area contributed by atoms with Gasteiger partial charge in [0.2, 0.25) is 11.8 Å². The van der Waals surface area contributed by atoms with Gasteiger partial charge in [0.1, 0.15) is 12.4 Å². The van der Waals surface area contributed by atoms with Crippen molar-refractivity contribution >= 4 is 21.9 Å². The van der Waals surface area contributed by atoms with E-state index in [1.165, 1.54) is 12.1 Å². The predicted molar refractivity (Wildman–Crippen MR) is 178 cm³/mol. The van der Waals surface area contributed by atoms with Crippen LogP contribution < -0.4 is 14.2 Å². The Bertz CT molecular complexity index is 1860. The number of benzene rings is 2. The standard InChI is InChI=1S/C35H40N6O5S/c1-5-15-45-27-19-36-30(37-20-27)21-41-26(18-35(4)13-8-14-35)22-46-31-17-29(32-23(2)9-6-10-24(32)3)38-34(39-31)40-47(43,44)28-12-7-11-25(16-28)33(41)42/h6-7,9-12,16-17,19-20,26H,5,8,13-15,18,21-22H2,1-4H3,(H,38,39,40)/t26-/m1/s1. The van der Waals surface area contributed by atoms with Gasteiger partial charge in [-0.05, 0) is 74.3 Å². The molecule has 1 fully saturated rings. The van der Waals surface area contributed by atoms with Crippen molar-refractivity contribution < 1.29 is 22.7 Å². The Kier molecular flexibility index (Phi) is 9.14. The number of anilines is 1. The number of aryl methyl sites for hydroxylation is 2. The molecular formula is C35H40N6O5S. The van der Waals surface area contributed by atoms with Crippen LogP contribution in [0.1, 0.15) is 73.3 Å². The molecule has 1 aliphatic heterocycles. The van der Waals surface area contributed by atoms with Crippen LogP contribution in [0.2, 0.25) is 0 Å². The highest BCUT2D eigenvalue weighted by atomic mass is 32.2. The third kappa shape index (κ3) is 7.22. The Morgan fingerprint density at radius 1 is 1.04 bits per heavy atom. The summed E-state index contributed by atoms with van der Waals surface area (Å²) in [5.74, 6) is 0.725. The molecule has 3 heterocycles. The van der Waals surface area contributed by atoms with Gasteiger partial charge in [-0.2, -0.15) is 4.98 Å². The lowest BCUT2D eigenvalue weighted by Gasteiger charge is -2.43. The fourth-order valence-corrected chi connectivity index (χ4v) is 7.25. The Morgan fingerprint density at radius 2 is 1.77 bits per heavy atom. The first kappa shape index (κ1) is 32.4. The average Bonchev–Trinajstić information content (AvgIpc) is 3.03. The summed E-state index contributed by atoms with van der Waals surface area (Å²) in [4.78, 5) is 34.1. The zero-order chi connectivity index (χ0) is 33.2. The zero-order valence-corrected chi connectivity index (χ0v) is 28.0. The van der Waals surface area contributed by atoms with Gasteiger partial charge in [-0.3, -0.25) is 4.79 Å². The maximum atomic E-state index is 14.4. The fourth-order valence-electron chi connectivity index (χ4n) is 6.26. The number of amides is 1. The summed E-state index contributed by atoms with van der Waals surface area (Å²) < 4.78 is 41.9. The van der Waals surface area contributed by atoms with E-state index in [1.807, 2.05) is 39.0 Å². The maximum absolute atomic E-state index is 14.4. The predicted octanol–water partition coefficient (Wildman–Crippen LogP) is 6.12. The SMILES string of the molecule is CCCOc1cnc(CN2C(=O)c3cccc(c3)S(=O)(=O)Nc3nc(cc(-c4c(C)cccc4C)n3)OC[C@H]2CC2(C)CCC2)nc1. The topological polar surface area (TPSA) is 136 Å². The second-order valence-electron chi connectivity index (χ2n) is 12.8. The Hall–Kier alpha value is -4.58. The van der Waals surface area contributed by atoms with E-state index in [1.54, 1.807) is 35.5 Å². The molecule has 1 atom stereocenters. The van der Waals surface area contributed by atoms with Crippen LogP contribution in [-0.2, 0) is 16.6 Å². The minimum absolute atomic E-state index is 0.0201. The Morgan fingerprint density at radius 3 is 2.45 bits per heavy atom. The van der Waals surface area contributed by atoms with E-state index >= 15 is 0 Å². The molecule has 0 spiro atoms. The number of ether oxygens (including phenoxy) is 2. The van der Waals surface area contributed by atoms with Crippen molar-refractivity contribution in [2.45, 2.75) is 77.3 Å². The van der Waals surface area contributed by atoms with Crippen LogP contribution in [0.25, 0.3) is 11.3 Å². The van der Waals surface area contributed by atoms with Crippen LogP contribution in [-0.4, -0.2) is 58.4 Å². The van der Waals surface area contributed by atoms with E-state index < -0.39 is 16.1 Å². The van der Waals surface area contributed by atoms with Gasteiger partial charge in [0.05, 0.1) is 42.2 Å². The van der Waals surface area contributed by atoms with Gasteiger partial charge in [-0.15, -0.1) is 0 Å². The molecule has 4 aromatic rings. The molecule has 1 aliphatic carbocycles. The quantitative estimate of drug-likeness (QED) is 0.238. The molecule has 1 amide bonds. The van der Waals surface area contributed by atoms with Crippen LogP contribution in [0.4, 0.5) is 5.95 Å². The van der Waals surface area contributed by atoms with Crippen LogP contribution in [0.15, 0.2) is 65.8 Å². The molecule has 12 heteroatoms. The van der Waals surface area contributed by atoms with Gasteiger partial charge >= 0.3 is 0 Å². The number of nitrogens with one attached hydrogen (secondary N) is 1. The molecule has 0 saturated heterocycles. The van der Waals surface area contributed by atoms with E-state index in [0.29, 0.717) is 30.3 Å². The normalized spacial score (nSPS) is 18.4. The largest absolute Gasteiger partial charge is 0.490 e. The molecule has 1 saturated carbocycles. The first-order chi connectivity index (χ1) is 22.5. The molecule has 11 nitrogen and oxygen atoms in total. The molecule has 47 heavy (non-hydrogen) atoms. The number of carbonyl (C=O) groups is 1. The summed E-state index contributed by atoms with van der Waals surface area (Å²) in [5, 5.41) is 0. The molecule has 1 N–H and O–H groups in total. The molecule has 2 aromatic heterocycles. The highest BCUT2D eigenvalue weighted by molar-refractivity contribution is 7.92. The molecule has 2 aromatic carbocycles. The molecule has 4 bridgehead atoms. The third-order valence-corrected chi connectivity index (χ3v) is 10.3. The van der Waals surface area contributed by atoms with E-state index in [0.717, 1.165) is 42.4 Å². The summed E-state index contributed by atoms with van der Waals surface area (Å²) in [6.45, 7) is 8.97. The first-order valence-electron chi connectivity index (χ1n) is 16.0. The molecule has 0 unspecified atom stereocenters. The zero-order valence-electron chi connectivity index (χ0n) is 27.2. The highest BCUT2D eigenvalue weighted by Gasteiger charge is 2.38. The highest BCUT2D eigenvalue weighted by Crippen LogP contribution is 2.45. The van der Waals surface area contributed by atoms with E-state index in [2.05, 4.69) is 31.6 Å². The minimum atomic E-state index is -4.17. The number of nitrogens with zero attached hydrogens (tertiary/aromatic N) is 5. The monoisotopic (exact) mass is 656 g/mol. The lowest BCUT2D eigenvalue weighted by Crippen LogP contribution is -2.47. The summed E-state index contributed by atoms with van der Waals surface area (Å²) in [7, 11) is -4.17. The van der Waals surface area contributed by atoms with Crippen LogP contribution >= 0.6 is 0 Å². The molecule has 2 aliphatic rings. The second-order valence-corrected chi connectivity index (χ2v) is 14.4. The third-order valence-electron chi connectivity index (χ3n) is 8.94. The number of carbonyl (C=O) groups excluding carboxylic acids is 1. The molecule has 246 valence electrons. The van der Waals surface area contributed by atoms with Gasteiger partial charge in [0.25, 0.3) is 15.9 Å². The second kappa shape index (κ2) is 13.3. The lowest BCUT2D eigenvalue weighted by atomic mass is 9.67. The van der Waals surface area contributed by atoms with Gasteiger partial charge in [-0.1, -0.05) is 44.5 Å². The van der Waals surface area contributed by atoms with E-state index in [-0.39, 0.29) is 46.8 Å². The number of sulfonamides is 1. The first-order valence-corrected chi connectivity index (χ1v) is 17.5. The van der Waals surface area contributed by atoms with Gasteiger partial charge < -0.3 is 14.4 Å². The molecule has 6 rings (SSSR count). The number of aromatic nitrogens is 4. The van der Waals surface area contributed by atoms with Crippen molar-refractivity contribution in [2.24, 2.45) is 5.41 Å². The van der Waals surface area contributed by atoms with Crippen LogP contribution in [0.3, 0.4) is 0 Å². The van der Waals surface area contributed by atoms with Crippen molar-refractivity contribution in [3.8, 4) is 22.9 Å². The van der Waals surface area contributed by atoms with Gasteiger partial charge in [0.15, 0.2) is 5.75 Å². The van der Waals surface area contributed by atoms with Crippen LogP contribution in [0.5, 0.6) is 11.6 Å². The number of fused-ring (bicyclic) bond motifs is 4. The summed E-state index contributed by atoms with van der Waals surface area (Å²) in [5.41, 5.74) is 3.60. The van der Waals surface area contributed by atoms with Crippen LogP contribution in [0, 0.1) is 19.3 Å². The summed E-state index contributed by atoms with van der Waals surface area (Å²) in [6.07, 6.45) is 7.95. The minimum Gasteiger partial charge on any atom is -0.490 e. The Balaban J connectivity index is 1.45. The van der Waals surface area contributed by atoms with Crippen molar-refractivity contribution in [3.63, 3.8) is 0 Å². The van der Waals surface area contributed by atoms with E-state index in [9.17, 15) is 13.2 Å². The van der Waals surface area contributed by atoms with Gasteiger partial charge in [-0.25, -0.2) is 28.1 Å². The van der Waals surface area contributed by atoms with Gasteiger partial charge in [0, 0.05) is 17.2 Å². The summed E-state index contributed by atoms with van der Waals surface area (Å²) >= 11 is 0. The van der Waals surface area contributed by atoms with Crippen molar-refractivity contribution in [2.75, 3.05) is 17.9 Å². The Labute approximate surface area is 275 Å².